The molecular formula is C14H19BrN2O. The quantitative estimate of drug-likeness (QED) is 0.819. The van der Waals surface area contributed by atoms with Crippen molar-refractivity contribution in [2.45, 2.75) is 32.6 Å². The molecule has 3 nitrogen and oxygen atoms in total. The van der Waals surface area contributed by atoms with Crippen LogP contribution in [0.3, 0.4) is 0 Å². The number of hydrogen-bond acceptors (Lipinski definition) is 2. The smallest absolute Gasteiger partial charge is 0.253 e. The number of halogens is 1. The Balaban J connectivity index is 1.96. The molecule has 0 radical (unpaired) electrons. The van der Waals surface area contributed by atoms with E-state index in [1.54, 1.807) is 12.1 Å². The maximum Gasteiger partial charge on any atom is 0.253 e. The lowest BCUT2D eigenvalue weighted by molar-refractivity contribution is 0.0944. The van der Waals surface area contributed by atoms with E-state index in [2.05, 4.69) is 28.2 Å². The third-order valence-electron chi connectivity index (χ3n) is 3.62. The molecule has 2 rings (SSSR count). The van der Waals surface area contributed by atoms with Crippen LogP contribution in [0.15, 0.2) is 22.7 Å². The number of anilines is 1. The highest BCUT2D eigenvalue weighted by atomic mass is 79.9. The highest BCUT2D eigenvalue weighted by Gasteiger charge is 2.41. The first-order valence-electron chi connectivity index (χ1n) is 6.39. The maximum atomic E-state index is 12.0. The molecule has 1 aliphatic rings. The van der Waals surface area contributed by atoms with Crippen molar-refractivity contribution in [3.05, 3.63) is 28.2 Å². The van der Waals surface area contributed by atoms with Gasteiger partial charge in [0.25, 0.3) is 5.91 Å². The number of amides is 1. The number of hydrogen-bond donors (Lipinski definition) is 2. The van der Waals surface area contributed by atoms with Gasteiger partial charge >= 0.3 is 0 Å². The molecule has 0 bridgehead atoms. The fourth-order valence-electron chi connectivity index (χ4n) is 2.33. The van der Waals surface area contributed by atoms with E-state index in [0.717, 1.165) is 11.0 Å². The molecule has 0 unspecified atom stereocenters. The van der Waals surface area contributed by atoms with Crippen LogP contribution in [0.5, 0.6) is 0 Å². The standard InChI is InChI=1S/C14H19BrN2O/c1-2-5-14(6-7-14)9-17-13(18)11-4-3-10(15)8-12(11)16/h3-4,8H,2,5-7,9,16H2,1H3,(H,17,18). The number of benzene rings is 1. The Labute approximate surface area is 116 Å². The van der Waals surface area contributed by atoms with E-state index in [9.17, 15) is 4.79 Å². The van der Waals surface area contributed by atoms with E-state index in [1.807, 2.05) is 6.07 Å². The zero-order valence-electron chi connectivity index (χ0n) is 10.6. The van der Waals surface area contributed by atoms with Crippen LogP contribution in [-0.4, -0.2) is 12.5 Å². The van der Waals surface area contributed by atoms with Crippen LogP contribution in [0, 0.1) is 5.41 Å². The first kappa shape index (κ1) is 13.4. The number of nitrogens with two attached hydrogens (primary N) is 1. The fraction of sp³-hybridized carbons (Fsp3) is 0.500. The van der Waals surface area contributed by atoms with Crippen molar-refractivity contribution < 1.29 is 4.79 Å². The lowest BCUT2D eigenvalue weighted by atomic mass is 10.0. The Morgan fingerprint density at radius 3 is 2.78 bits per heavy atom. The summed E-state index contributed by atoms with van der Waals surface area (Å²) < 4.78 is 0.890. The number of carbonyl (C=O) groups excluding carboxylic acids is 1. The van der Waals surface area contributed by atoms with Crippen LogP contribution >= 0.6 is 15.9 Å². The second-order valence-electron chi connectivity index (χ2n) is 5.16. The van der Waals surface area contributed by atoms with Gasteiger partial charge in [-0.15, -0.1) is 0 Å². The average molecular weight is 311 g/mol. The van der Waals surface area contributed by atoms with Crippen molar-refractivity contribution >= 4 is 27.5 Å². The van der Waals surface area contributed by atoms with Crippen LogP contribution in [0.2, 0.25) is 0 Å². The summed E-state index contributed by atoms with van der Waals surface area (Å²) in [5.41, 5.74) is 7.29. The second-order valence-corrected chi connectivity index (χ2v) is 6.08. The van der Waals surface area contributed by atoms with Crippen molar-refractivity contribution in [3.63, 3.8) is 0 Å². The largest absolute Gasteiger partial charge is 0.398 e. The molecule has 18 heavy (non-hydrogen) atoms. The number of nitrogens with one attached hydrogen (secondary N) is 1. The SMILES string of the molecule is CCCC1(CNC(=O)c2ccc(Br)cc2N)CC1. The Bertz CT molecular complexity index is 455. The Hall–Kier alpha value is -1.03. The summed E-state index contributed by atoms with van der Waals surface area (Å²) in [6, 6.07) is 5.35. The van der Waals surface area contributed by atoms with Crippen LogP contribution in [0.4, 0.5) is 5.69 Å². The Morgan fingerprint density at radius 1 is 1.50 bits per heavy atom. The van der Waals surface area contributed by atoms with E-state index < -0.39 is 0 Å². The molecule has 1 saturated carbocycles. The predicted octanol–water partition coefficient (Wildman–Crippen LogP) is 3.34. The summed E-state index contributed by atoms with van der Waals surface area (Å²) in [4.78, 5) is 12.0. The maximum absolute atomic E-state index is 12.0. The van der Waals surface area contributed by atoms with Gasteiger partial charge in [0.15, 0.2) is 0 Å². The molecule has 0 heterocycles. The van der Waals surface area contributed by atoms with E-state index in [4.69, 9.17) is 5.73 Å². The van der Waals surface area contributed by atoms with Crippen molar-refractivity contribution in [2.24, 2.45) is 5.41 Å². The van der Waals surface area contributed by atoms with Gasteiger partial charge in [-0.25, -0.2) is 0 Å². The topological polar surface area (TPSA) is 55.1 Å². The first-order chi connectivity index (χ1) is 8.56. The molecule has 0 aromatic heterocycles. The highest BCUT2D eigenvalue weighted by Crippen LogP contribution is 2.48. The molecule has 98 valence electrons. The molecule has 0 spiro atoms. The average Bonchev–Trinajstić information content (AvgIpc) is 3.07. The first-order valence-corrected chi connectivity index (χ1v) is 7.19. The van der Waals surface area contributed by atoms with E-state index >= 15 is 0 Å². The molecule has 0 atom stereocenters. The summed E-state index contributed by atoms with van der Waals surface area (Å²) in [6.45, 7) is 2.96. The normalized spacial score (nSPS) is 16.3. The Morgan fingerprint density at radius 2 is 2.22 bits per heavy atom. The van der Waals surface area contributed by atoms with Crippen molar-refractivity contribution in [1.29, 1.82) is 0 Å². The van der Waals surface area contributed by atoms with Crippen molar-refractivity contribution in [1.82, 2.24) is 5.32 Å². The lowest BCUT2D eigenvalue weighted by Crippen LogP contribution is -2.30. The molecule has 0 saturated heterocycles. The summed E-state index contributed by atoms with van der Waals surface area (Å²) in [5, 5.41) is 3.01. The number of carbonyl (C=O) groups is 1. The monoisotopic (exact) mass is 310 g/mol. The van der Waals surface area contributed by atoms with Gasteiger partial charge in [-0.1, -0.05) is 29.3 Å². The van der Waals surface area contributed by atoms with Crippen molar-refractivity contribution in [3.8, 4) is 0 Å². The lowest BCUT2D eigenvalue weighted by Gasteiger charge is -2.15. The zero-order chi connectivity index (χ0) is 13.2. The van der Waals surface area contributed by atoms with Crippen LogP contribution in [0.1, 0.15) is 43.0 Å². The molecule has 1 aliphatic carbocycles. The minimum Gasteiger partial charge on any atom is -0.398 e. The zero-order valence-corrected chi connectivity index (χ0v) is 12.2. The third-order valence-corrected chi connectivity index (χ3v) is 4.11. The second kappa shape index (κ2) is 5.31. The van der Waals surface area contributed by atoms with E-state index in [-0.39, 0.29) is 5.91 Å². The van der Waals surface area contributed by atoms with Crippen LogP contribution in [-0.2, 0) is 0 Å². The van der Waals surface area contributed by atoms with Crippen molar-refractivity contribution in [2.75, 3.05) is 12.3 Å². The minimum absolute atomic E-state index is 0.0672. The minimum atomic E-state index is -0.0672. The van der Waals surface area contributed by atoms with E-state index in [0.29, 0.717) is 16.7 Å². The molecule has 3 N–H and O–H groups in total. The molecule has 0 aliphatic heterocycles. The van der Waals surface area contributed by atoms with Gasteiger partial charge in [0.05, 0.1) is 5.56 Å². The molecule has 1 fully saturated rings. The molecule has 1 aromatic rings. The third kappa shape index (κ3) is 3.05. The van der Waals surface area contributed by atoms with Gasteiger partial charge in [0.1, 0.15) is 0 Å². The molecule has 1 amide bonds. The molecule has 1 aromatic carbocycles. The summed E-state index contributed by atoms with van der Waals surface area (Å²) in [6.07, 6.45) is 4.84. The number of nitrogen functional groups attached to an aromatic ring is 1. The van der Waals surface area contributed by atoms with Gasteiger partial charge in [-0.2, -0.15) is 0 Å². The van der Waals surface area contributed by atoms with Gasteiger partial charge < -0.3 is 11.1 Å². The summed E-state index contributed by atoms with van der Waals surface area (Å²) in [5.74, 6) is -0.0672. The predicted molar refractivity (Wildman–Crippen MR) is 77.5 cm³/mol. The Kier molecular flexibility index (Phi) is 3.95. The number of rotatable bonds is 5. The summed E-state index contributed by atoms with van der Waals surface area (Å²) in [7, 11) is 0. The van der Waals surface area contributed by atoms with Gasteiger partial charge in [0.2, 0.25) is 0 Å². The molecule has 4 heteroatoms. The van der Waals surface area contributed by atoms with Gasteiger partial charge in [0, 0.05) is 16.7 Å². The van der Waals surface area contributed by atoms with Crippen LogP contribution < -0.4 is 11.1 Å². The van der Waals surface area contributed by atoms with Gasteiger partial charge in [-0.05, 0) is 42.9 Å². The highest BCUT2D eigenvalue weighted by molar-refractivity contribution is 9.10. The molecular weight excluding hydrogens is 292 g/mol. The van der Waals surface area contributed by atoms with E-state index in [1.165, 1.54) is 25.7 Å². The van der Waals surface area contributed by atoms with Gasteiger partial charge in [-0.3, -0.25) is 4.79 Å². The van der Waals surface area contributed by atoms with Crippen LogP contribution in [0.25, 0.3) is 0 Å². The summed E-state index contributed by atoms with van der Waals surface area (Å²) >= 11 is 3.33. The fourth-order valence-corrected chi connectivity index (χ4v) is 2.70.